The maximum Gasteiger partial charge on any atom is 0.332 e. The number of nitrogens with zero attached hydrogens (tertiary/aromatic N) is 3. The number of carbonyl (C=O) groups is 1. The molecule has 1 N–H and O–H groups in total. The number of rotatable bonds is 6. The fourth-order valence-corrected chi connectivity index (χ4v) is 3.32. The highest BCUT2D eigenvalue weighted by Gasteiger charge is 2.21. The van der Waals surface area contributed by atoms with Gasteiger partial charge in [0.25, 0.3) is 5.56 Å². The molecule has 1 aliphatic rings. The van der Waals surface area contributed by atoms with Crippen molar-refractivity contribution in [3.63, 3.8) is 0 Å². The van der Waals surface area contributed by atoms with Crippen LogP contribution < -0.4 is 21.3 Å². The summed E-state index contributed by atoms with van der Waals surface area (Å²) in [5, 5.41) is 2.93. The van der Waals surface area contributed by atoms with E-state index in [4.69, 9.17) is 9.47 Å². The highest BCUT2D eigenvalue weighted by atomic mass is 16.5. The average molecular weight is 376 g/mol. The molecule has 1 aliphatic heterocycles. The van der Waals surface area contributed by atoms with Crippen molar-refractivity contribution in [1.29, 1.82) is 0 Å². The Morgan fingerprint density at radius 3 is 2.85 bits per heavy atom. The second-order valence-electron chi connectivity index (χ2n) is 6.54. The number of ether oxygens (including phenoxy) is 2. The van der Waals surface area contributed by atoms with E-state index in [1.807, 2.05) is 6.92 Å². The molecule has 0 saturated carbocycles. The van der Waals surface area contributed by atoms with E-state index in [2.05, 4.69) is 10.3 Å². The van der Waals surface area contributed by atoms with Gasteiger partial charge in [-0.1, -0.05) is 6.92 Å². The van der Waals surface area contributed by atoms with Crippen LogP contribution in [0.4, 0.5) is 0 Å². The lowest BCUT2D eigenvalue weighted by molar-refractivity contribution is -0.122. The molecule has 1 amide bonds. The zero-order valence-corrected chi connectivity index (χ0v) is 15.8. The van der Waals surface area contributed by atoms with Gasteiger partial charge in [-0.15, -0.1) is 0 Å². The summed E-state index contributed by atoms with van der Waals surface area (Å²) in [6.07, 6.45) is 4.06. The van der Waals surface area contributed by atoms with Crippen LogP contribution in [0.15, 0.2) is 15.8 Å². The van der Waals surface area contributed by atoms with Crippen LogP contribution in [0.5, 0.6) is 5.75 Å². The van der Waals surface area contributed by atoms with Gasteiger partial charge in [0, 0.05) is 32.0 Å². The van der Waals surface area contributed by atoms with E-state index in [9.17, 15) is 14.4 Å². The summed E-state index contributed by atoms with van der Waals surface area (Å²) in [6, 6.07) is 0. The van der Waals surface area contributed by atoms with Crippen LogP contribution in [0.1, 0.15) is 25.3 Å². The second kappa shape index (κ2) is 7.91. The Morgan fingerprint density at radius 1 is 1.44 bits per heavy atom. The molecule has 0 spiro atoms. The van der Waals surface area contributed by atoms with Gasteiger partial charge in [-0.2, -0.15) is 0 Å². The van der Waals surface area contributed by atoms with E-state index in [0.29, 0.717) is 25.3 Å². The van der Waals surface area contributed by atoms with Crippen molar-refractivity contribution >= 4 is 16.9 Å². The summed E-state index contributed by atoms with van der Waals surface area (Å²) in [6.45, 7) is 2.61. The van der Waals surface area contributed by atoms with Crippen molar-refractivity contribution < 1.29 is 14.3 Å². The number of aromatic nitrogens is 3. The van der Waals surface area contributed by atoms with E-state index in [-0.39, 0.29) is 23.7 Å². The lowest BCUT2D eigenvalue weighted by Crippen LogP contribution is -2.44. The van der Waals surface area contributed by atoms with Gasteiger partial charge in [0.05, 0.1) is 13.2 Å². The minimum Gasteiger partial charge on any atom is -0.495 e. The topological polar surface area (TPSA) is 104 Å². The zero-order valence-electron chi connectivity index (χ0n) is 15.8. The van der Waals surface area contributed by atoms with Gasteiger partial charge < -0.3 is 14.8 Å². The van der Waals surface area contributed by atoms with Crippen LogP contribution in [-0.4, -0.2) is 46.4 Å². The number of aryl methyl sites for hydroxylation is 2. The number of carbonyl (C=O) groups excluding carboxylic acids is 1. The number of pyridine rings is 1. The summed E-state index contributed by atoms with van der Waals surface area (Å²) in [7, 11) is 2.99. The first kappa shape index (κ1) is 19.1. The maximum absolute atomic E-state index is 13.0. The largest absolute Gasteiger partial charge is 0.495 e. The van der Waals surface area contributed by atoms with Gasteiger partial charge in [-0.05, 0) is 19.3 Å². The van der Waals surface area contributed by atoms with E-state index in [1.165, 1.54) is 18.7 Å². The van der Waals surface area contributed by atoms with Crippen LogP contribution in [0.3, 0.4) is 0 Å². The van der Waals surface area contributed by atoms with Crippen molar-refractivity contribution in [3.8, 4) is 5.75 Å². The zero-order chi connectivity index (χ0) is 19.6. The molecule has 1 fully saturated rings. The molecule has 3 heterocycles. The van der Waals surface area contributed by atoms with Gasteiger partial charge in [-0.25, -0.2) is 14.3 Å². The van der Waals surface area contributed by atoms with Crippen molar-refractivity contribution in [2.45, 2.75) is 38.8 Å². The highest BCUT2D eigenvalue weighted by molar-refractivity contribution is 5.83. The molecule has 0 aliphatic carbocycles. The quantitative estimate of drug-likeness (QED) is 0.759. The predicted octanol–water partition coefficient (Wildman–Crippen LogP) is -0.0386. The third-order valence-electron chi connectivity index (χ3n) is 4.82. The van der Waals surface area contributed by atoms with Crippen molar-refractivity contribution in [2.75, 3.05) is 20.3 Å². The summed E-state index contributed by atoms with van der Waals surface area (Å²) < 4.78 is 13.0. The minimum atomic E-state index is -0.599. The third kappa shape index (κ3) is 3.59. The van der Waals surface area contributed by atoms with Crippen LogP contribution >= 0.6 is 0 Å². The summed E-state index contributed by atoms with van der Waals surface area (Å²) in [5.41, 5.74) is -0.191. The number of hydrogen-bond donors (Lipinski definition) is 1. The molecule has 2 aromatic rings. The molecule has 3 rings (SSSR count). The van der Waals surface area contributed by atoms with Crippen LogP contribution in [0.2, 0.25) is 0 Å². The second-order valence-corrected chi connectivity index (χ2v) is 6.54. The van der Waals surface area contributed by atoms with Crippen LogP contribution in [-0.2, 0) is 29.5 Å². The van der Waals surface area contributed by atoms with Crippen molar-refractivity contribution in [3.05, 3.63) is 32.6 Å². The maximum atomic E-state index is 13.0. The summed E-state index contributed by atoms with van der Waals surface area (Å²) in [4.78, 5) is 42.1. The Kier molecular flexibility index (Phi) is 5.59. The Bertz CT molecular complexity index is 972. The Balaban J connectivity index is 1.98. The first-order valence-corrected chi connectivity index (χ1v) is 9.01. The average Bonchev–Trinajstić information content (AvgIpc) is 3.20. The molecule has 0 radical (unpaired) electrons. The smallest absolute Gasteiger partial charge is 0.332 e. The number of methoxy groups -OCH3 is 1. The van der Waals surface area contributed by atoms with Gasteiger partial charge in [0.2, 0.25) is 5.91 Å². The van der Waals surface area contributed by atoms with Gasteiger partial charge >= 0.3 is 5.69 Å². The molecular formula is C18H24N4O5. The fourth-order valence-electron chi connectivity index (χ4n) is 3.32. The summed E-state index contributed by atoms with van der Waals surface area (Å²) >= 11 is 0. The third-order valence-corrected chi connectivity index (χ3v) is 4.82. The van der Waals surface area contributed by atoms with E-state index in [1.54, 1.807) is 6.20 Å². The molecule has 27 heavy (non-hydrogen) atoms. The minimum absolute atomic E-state index is 0.0125. The fraction of sp³-hybridized carbons (Fsp3) is 0.556. The molecule has 1 saturated heterocycles. The first-order chi connectivity index (χ1) is 13.0. The van der Waals surface area contributed by atoms with Gasteiger partial charge in [0.15, 0.2) is 5.65 Å². The molecular weight excluding hydrogens is 352 g/mol. The molecule has 2 aromatic heterocycles. The SMILES string of the molecule is CCc1cnc2c(c1OC)c(=O)n(CC(=O)NC[C@@H]1CCCO1)c(=O)n2C. The van der Waals surface area contributed by atoms with E-state index in [0.717, 1.165) is 23.0 Å². The van der Waals surface area contributed by atoms with Crippen LogP contribution in [0.25, 0.3) is 11.0 Å². The highest BCUT2D eigenvalue weighted by Crippen LogP contribution is 2.24. The first-order valence-electron chi connectivity index (χ1n) is 9.01. The lowest BCUT2D eigenvalue weighted by Gasteiger charge is -2.15. The van der Waals surface area contributed by atoms with Gasteiger partial charge in [-0.3, -0.25) is 14.2 Å². The van der Waals surface area contributed by atoms with Crippen molar-refractivity contribution in [1.82, 2.24) is 19.4 Å². The molecule has 0 aromatic carbocycles. The molecule has 9 nitrogen and oxygen atoms in total. The molecule has 0 bridgehead atoms. The van der Waals surface area contributed by atoms with E-state index >= 15 is 0 Å². The molecule has 1 atom stereocenters. The number of nitrogens with one attached hydrogen (secondary N) is 1. The monoisotopic (exact) mass is 376 g/mol. The normalized spacial score (nSPS) is 16.6. The number of amides is 1. The Labute approximate surface area is 155 Å². The van der Waals surface area contributed by atoms with Crippen molar-refractivity contribution in [2.24, 2.45) is 7.05 Å². The molecule has 9 heteroatoms. The Hall–Kier alpha value is -2.68. The molecule has 146 valence electrons. The van der Waals surface area contributed by atoms with E-state index < -0.39 is 17.2 Å². The van der Waals surface area contributed by atoms with Crippen LogP contribution in [0, 0.1) is 0 Å². The number of hydrogen-bond acceptors (Lipinski definition) is 6. The molecule has 0 unspecified atom stereocenters. The standard InChI is InChI=1S/C18H24N4O5/c1-4-11-8-20-16-14(15(11)26-3)17(24)22(18(25)21(16)2)10-13(23)19-9-12-6-5-7-27-12/h8,12H,4-7,9-10H2,1-3H3,(H,19,23)/t12-/m0/s1. The van der Waals surface area contributed by atoms with Gasteiger partial charge in [0.1, 0.15) is 17.7 Å². The predicted molar refractivity (Wildman–Crippen MR) is 99.2 cm³/mol. The lowest BCUT2D eigenvalue weighted by atomic mass is 10.1. The summed E-state index contributed by atoms with van der Waals surface area (Å²) in [5.74, 6) is -0.0285. The number of fused-ring (bicyclic) bond motifs is 1. The Morgan fingerprint density at radius 2 is 2.22 bits per heavy atom.